The third kappa shape index (κ3) is 9.88. The highest BCUT2D eigenvalue weighted by Gasteiger charge is 2.42. The standard InChI is InChI=1S/C43H49FN8O12S/c1-21-22-7-8-43(2,37-24-17-52-28(38(24)50-27(36(22)37)11-26(21)44)10-23-25(40(52)60)18-64-42(62)39(23)59)19-63-20-49-34(57)16-48-33(56)15-47-32(55)14-46-31(54)13-45-30(53)6-4-3-5-9-51-35(58)12-29(65)41(51)61/h10-11,29,39,59,65H,3-9,12-20H2,1-2H3,(H,45,53)(H,46,54)(H,47,55)(H,48,56)(H,49,57)/t29?,39?,43-/m0/s1. The third-order valence-electron chi connectivity index (χ3n) is 12.2. The number of aliphatic hydroxyl groups excluding tert-OH is 1. The fourth-order valence-corrected chi connectivity index (χ4v) is 8.97. The number of amides is 7. The Hall–Kier alpha value is -6.26. The van der Waals surface area contributed by atoms with Crippen LogP contribution in [0.5, 0.6) is 0 Å². The van der Waals surface area contributed by atoms with Crippen molar-refractivity contribution in [2.75, 3.05) is 46.1 Å². The molecule has 5 heterocycles. The van der Waals surface area contributed by atoms with Crippen LogP contribution in [0.25, 0.3) is 22.3 Å². The zero-order valence-electron chi connectivity index (χ0n) is 35.7. The number of rotatable bonds is 18. The Bertz CT molecular complexity index is 2590. The van der Waals surface area contributed by atoms with Crippen molar-refractivity contribution in [3.05, 3.63) is 61.7 Å². The predicted molar refractivity (Wildman–Crippen MR) is 229 cm³/mol. The number of halogens is 1. The Morgan fingerprint density at radius 3 is 2.20 bits per heavy atom. The minimum absolute atomic E-state index is 0.0829. The van der Waals surface area contributed by atoms with Gasteiger partial charge >= 0.3 is 5.97 Å². The van der Waals surface area contributed by atoms with Crippen LogP contribution in [-0.2, 0) is 72.8 Å². The average molecular weight is 921 g/mol. The Morgan fingerprint density at radius 1 is 0.908 bits per heavy atom. The number of thiol groups is 1. The van der Waals surface area contributed by atoms with Crippen molar-refractivity contribution in [3.8, 4) is 11.4 Å². The van der Waals surface area contributed by atoms with Crippen molar-refractivity contribution >= 4 is 70.9 Å². The van der Waals surface area contributed by atoms with Crippen LogP contribution in [-0.4, -0.2) is 118 Å². The molecule has 20 nitrogen and oxygen atoms in total. The molecule has 1 saturated heterocycles. The molecule has 65 heavy (non-hydrogen) atoms. The Kier molecular flexibility index (Phi) is 14.0. The van der Waals surface area contributed by atoms with E-state index in [0.717, 1.165) is 22.1 Å². The van der Waals surface area contributed by atoms with Crippen molar-refractivity contribution in [1.29, 1.82) is 0 Å². The summed E-state index contributed by atoms with van der Waals surface area (Å²) in [5.41, 5.74) is 3.22. The number of hydrogen-bond acceptors (Lipinski definition) is 14. The van der Waals surface area contributed by atoms with Gasteiger partial charge in [-0.2, -0.15) is 12.6 Å². The van der Waals surface area contributed by atoms with E-state index in [1.54, 1.807) is 13.0 Å². The SMILES string of the molecule is Cc1c(F)cc2nc3c(c4c2c1CC[C@@]4(C)COCNC(=O)CNC(=O)CNC(=O)CNC(=O)CNC(=O)CCCCCN1C(=O)CC(S)C1=O)Cn1c-3cc2c(c1=O)COC(=O)C2O. The second kappa shape index (κ2) is 19.5. The lowest BCUT2D eigenvalue weighted by Gasteiger charge is -2.37. The minimum atomic E-state index is -1.63. The first-order valence-corrected chi connectivity index (χ1v) is 21.7. The smallest absolute Gasteiger partial charge is 0.340 e. The van der Waals surface area contributed by atoms with E-state index in [-0.39, 0.29) is 81.3 Å². The summed E-state index contributed by atoms with van der Waals surface area (Å²) in [4.78, 5) is 117. The molecule has 0 saturated carbocycles. The molecule has 1 aliphatic carbocycles. The minimum Gasteiger partial charge on any atom is -0.458 e. The van der Waals surface area contributed by atoms with Crippen molar-refractivity contribution in [2.24, 2.45) is 0 Å². The number of esters is 1. The number of benzene rings is 1. The molecule has 3 atom stereocenters. The fourth-order valence-electron chi connectivity index (χ4n) is 8.68. The van der Waals surface area contributed by atoms with Gasteiger partial charge in [0.15, 0.2) is 6.10 Å². The Balaban J connectivity index is 0.829. The summed E-state index contributed by atoms with van der Waals surface area (Å²) in [7, 11) is 0. The van der Waals surface area contributed by atoms with Gasteiger partial charge in [-0.1, -0.05) is 13.3 Å². The zero-order chi connectivity index (χ0) is 46.7. The summed E-state index contributed by atoms with van der Waals surface area (Å²) >= 11 is 4.08. The molecule has 2 aromatic heterocycles. The molecule has 1 aromatic carbocycles. The lowest BCUT2D eigenvalue weighted by Crippen LogP contribution is -2.45. The molecule has 6 N–H and O–H groups in total. The molecule has 2 unspecified atom stereocenters. The molecular formula is C43H49FN8O12S. The number of carbonyl (C=O) groups is 8. The van der Waals surface area contributed by atoms with E-state index in [1.807, 2.05) is 6.92 Å². The van der Waals surface area contributed by atoms with Crippen LogP contribution in [0.1, 0.15) is 84.9 Å². The van der Waals surface area contributed by atoms with Crippen molar-refractivity contribution in [2.45, 2.75) is 88.7 Å². The normalized spacial score (nSPS) is 19.3. The number of likely N-dealkylation sites (tertiary alicyclic amines) is 1. The maximum Gasteiger partial charge on any atom is 0.340 e. The van der Waals surface area contributed by atoms with Crippen molar-refractivity contribution in [1.82, 2.24) is 41.0 Å². The van der Waals surface area contributed by atoms with Crippen LogP contribution in [0.3, 0.4) is 0 Å². The van der Waals surface area contributed by atoms with E-state index in [0.29, 0.717) is 54.6 Å². The topological polar surface area (TPSA) is 274 Å². The van der Waals surface area contributed by atoms with Gasteiger partial charge in [0, 0.05) is 47.4 Å². The molecule has 7 amide bonds. The van der Waals surface area contributed by atoms with Gasteiger partial charge in [0.25, 0.3) is 5.56 Å². The zero-order valence-corrected chi connectivity index (χ0v) is 36.6. The molecule has 4 aliphatic rings. The number of pyridine rings is 2. The molecule has 346 valence electrons. The molecular weight excluding hydrogens is 872 g/mol. The first kappa shape index (κ1) is 46.7. The summed E-state index contributed by atoms with van der Waals surface area (Å²) in [5, 5.41) is 22.8. The second-order valence-electron chi connectivity index (χ2n) is 16.7. The quantitative estimate of drug-likeness (QED) is 0.0215. The molecule has 22 heteroatoms. The van der Waals surface area contributed by atoms with Gasteiger partial charge in [-0.05, 0) is 55.4 Å². The maximum atomic E-state index is 15.3. The summed E-state index contributed by atoms with van der Waals surface area (Å²) in [6.07, 6.45) is 1.22. The number of imide groups is 1. The van der Waals surface area contributed by atoms with Gasteiger partial charge < -0.3 is 45.7 Å². The van der Waals surface area contributed by atoms with E-state index >= 15 is 4.39 Å². The summed E-state index contributed by atoms with van der Waals surface area (Å²) in [6, 6.07) is 2.92. The van der Waals surface area contributed by atoms with E-state index in [2.05, 4.69) is 39.2 Å². The number of aliphatic hydroxyl groups is 1. The van der Waals surface area contributed by atoms with Crippen LogP contribution in [0.4, 0.5) is 4.39 Å². The predicted octanol–water partition coefficient (Wildman–Crippen LogP) is -0.660. The van der Waals surface area contributed by atoms with Crippen LogP contribution < -0.4 is 32.1 Å². The van der Waals surface area contributed by atoms with Crippen LogP contribution >= 0.6 is 12.6 Å². The first-order valence-electron chi connectivity index (χ1n) is 21.2. The van der Waals surface area contributed by atoms with Crippen LogP contribution in [0, 0.1) is 12.7 Å². The second-order valence-corrected chi connectivity index (χ2v) is 17.3. The van der Waals surface area contributed by atoms with E-state index in [1.165, 1.54) is 15.5 Å². The highest BCUT2D eigenvalue weighted by molar-refractivity contribution is 7.81. The van der Waals surface area contributed by atoms with Gasteiger partial charge in [-0.15, -0.1) is 0 Å². The molecule has 0 bridgehead atoms. The Morgan fingerprint density at radius 2 is 1.55 bits per heavy atom. The average Bonchev–Trinajstić information content (AvgIpc) is 3.76. The number of nitrogens with one attached hydrogen (secondary N) is 5. The highest BCUT2D eigenvalue weighted by Crippen LogP contribution is 2.48. The van der Waals surface area contributed by atoms with Gasteiger partial charge in [0.2, 0.25) is 41.4 Å². The lowest BCUT2D eigenvalue weighted by molar-refractivity contribution is -0.157. The number of fused-ring (bicyclic) bond motifs is 5. The summed E-state index contributed by atoms with van der Waals surface area (Å²) in [6.45, 7) is 1.93. The number of ether oxygens (including phenoxy) is 2. The van der Waals surface area contributed by atoms with Crippen molar-refractivity contribution < 1.29 is 57.3 Å². The van der Waals surface area contributed by atoms with Gasteiger partial charge in [0.05, 0.1) is 67.0 Å². The van der Waals surface area contributed by atoms with Gasteiger partial charge in [-0.25, -0.2) is 14.2 Å². The lowest BCUT2D eigenvalue weighted by atomic mass is 9.69. The number of carbonyl (C=O) groups excluding carboxylic acids is 8. The molecule has 7 rings (SSSR count). The third-order valence-corrected chi connectivity index (χ3v) is 12.6. The number of unbranched alkanes of at least 4 members (excludes halogenated alkanes) is 2. The van der Waals surface area contributed by atoms with Gasteiger partial charge in [-0.3, -0.25) is 43.3 Å². The molecule has 3 aliphatic heterocycles. The number of aryl methyl sites for hydroxylation is 1. The molecule has 3 aromatic rings. The number of hydrogen-bond donors (Lipinski definition) is 7. The fraction of sp³-hybridized carbons (Fsp3) is 0.488. The summed E-state index contributed by atoms with van der Waals surface area (Å²) in [5.74, 6) is -4.82. The number of aromatic nitrogens is 2. The number of nitrogens with zero attached hydrogens (tertiary/aromatic N) is 3. The van der Waals surface area contributed by atoms with Crippen molar-refractivity contribution in [3.63, 3.8) is 0 Å². The largest absolute Gasteiger partial charge is 0.458 e. The van der Waals surface area contributed by atoms with Gasteiger partial charge in [0.1, 0.15) is 19.2 Å². The maximum absolute atomic E-state index is 15.3. The molecule has 1 fully saturated rings. The Labute approximate surface area is 376 Å². The van der Waals surface area contributed by atoms with Crippen LogP contribution in [0.2, 0.25) is 0 Å². The van der Waals surface area contributed by atoms with Crippen LogP contribution in [0.15, 0.2) is 16.9 Å². The number of cyclic esters (lactones) is 1. The summed E-state index contributed by atoms with van der Waals surface area (Å²) < 4.78 is 27.8. The van der Waals surface area contributed by atoms with E-state index < -0.39 is 77.4 Å². The van der Waals surface area contributed by atoms with E-state index in [4.69, 9.17) is 14.5 Å². The monoisotopic (exact) mass is 920 g/mol. The molecule has 0 radical (unpaired) electrons. The first-order chi connectivity index (χ1) is 31.0. The highest BCUT2D eigenvalue weighted by atomic mass is 32.1. The molecule has 0 spiro atoms. The van der Waals surface area contributed by atoms with E-state index in [9.17, 15) is 48.3 Å².